The second-order valence-electron chi connectivity index (χ2n) is 5.03. The molecule has 0 spiro atoms. The van der Waals surface area contributed by atoms with Crippen molar-refractivity contribution in [2.75, 3.05) is 18.5 Å². The number of hydrogen-bond donors (Lipinski definition) is 0. The first kappa shape index (κ1) is 12.9. The van der Waals surface area contributed by atoms with Gasteiger partial charge in [-0.15, -0.1) is 0 Å². The third-order valence-corrected chi connectivity index (χ3v) is 4.94. The molecule has 0 amide bonds. The molecule has 19 heavy (non-hydrogen) atoms. The van der Waals surface area contributed by atoms with Gasteiger partial charge < -0.3 is 9.15 Å². The van der Waals surface area contributed by atoms with Gasteiger partial charge in [-0.25, -0.2) is 9.78 Å². The molecule has 3 rings (SSSR count). The summed E-state index contributed by atoms with van der Waals surface area (Å²) in [5.41, 5.74) is 1.21. The molecule has 0 radical (unpaired) electrons. The standard InChI is InChI=1S/C13H15BrN2O3/c14-8-13(3-6-18-7-4-13)9-16-11-10(19-12(16)17)2-1-5-15-11/h1-2,5H,3-4,6-9H2. The number of ether oxygens (including phenoxy) is 1. The summed E-state index contributed by atoms with van der Waals surface area (Å²) < 4.78 is 12.3. The molecule has 0 unspecified atom stereocenters. The lowest BCUT2D eigenvalue weighted by molar-refractivity contribution is 0.0182. The van der Waals surface area contributed by atoms with Crippen molar-refractivity contribution in [2.24, 2.45) is 5.41 Å². The SMILES string of the molecule is O=c1oc2cccnc2n1CC1(CBr)CCOCC1. The van der Waals surface area contributed by atoms with E-state index in [1.807, 2.05) is 0 Å². The van der Waals surface area contributed by atoms with Crippen LogP contribution in [-0.4, -0.2) is 28.1 Å². The molecule has 1 fully saturated rings. The molecule has 1 aliphatic rings. The fourth-order valence-corrected chi connectivity index (χ4v) is 3.25. The van der Waals surface area contributed by atoms with Crippen molar-refractivity contribution in [3.63, 3.8) is 0 Å². The Balaban J connectivity index is 2.00. The molecule has 5 nitrogen and oxygen atoms in total. The Morgan fingerprint density at radius 1 is 1.42 bits per heavy atom. The predicted octanol–water partition coefficient (Wildman–Crippen LogP) is 2.18. The van der Waals surface area contributed by atoms with Crippen molar-refractivity contribution in [3.05, 3.63) is 28.9 Å². The maximum absolute atomic E-state index is 12.0. The molecule has 102 valence electrons. The molecule has 2 aromatic heterocycles. The minimum Gasteiger partial charge on any atom is -0.406 e. The highest BCUT2D eigenvalue weighted by Gasteiger charge is 2.33. The van der Waals surface area contributed by atoms with Crippen molar-refractivity contribution in [1.82, 2.24) is 9.55 Å². The summed E-state index contributed by atoms with van der Waals surface area (Å²) in [6.07, 6.45) is 3.55. The average molecular weight is 327 g/mol. The van der Waals surface area contributed by atoms with Gasteiger partial charge in [-0.3, -0.25) is 4.57 Å². The summed E-state index contributed by atoms with van der Waals surface area (Å²) in [4.78, 5) is 16.2. The number of hydrogen-bond acceptors (Lipinski definition) is 4. The van der Waals surface area contributed by atoms with Crippen LogP contribution in [0.15, 0.2) is 27.5 Å². The summed E-state index contributed by atoms with van der Waals surface area (Å²) in [6, 6.07) is 3.54. The molecule has 0 saturated carbocycles. The minimum absolute atomic E-state index is 0.0381. The molecule has 0 aromatic carbocycles. The summed E-state index contributed by atoms with van der Waals surface area (Å²) in [5.74, 6) is -0.333. The predicted molar refractivity (Wildman–Crippen MR) is 74.5 cm³/mol. The monoisotopic (exact) mass is 326 g/mol. The fraction of sp³-hybridized carbons (Fsp3) is 0.538. The molecule has 6 heteroatoms. The van der Waals surface area contributed by atoms with E-state index in [2.05, 4.69) is 20.9 Å². The van der Waals surface area contributed by atoms with Crippen LogP contribution in [0, 0.1) is 5.41 Å². The normalized spacial score (nSPS) is 18.8. The van der Waals surface area contributed by atoms with Gasteiger partial charge in [-0.05, 0) is 25.0 Å². The maximum Gasteiger partial charge on any atom is 0.421 e. The van der Waals surface area contributed by atoms with Crippen LogP contribution in [0.5, 0.6) is 0 Å². The largest absolute Gasteiger partial charge is 0.421 e. The Hall–Kier alpha value is -1.14. The third-order valence-electron chi connectivity index (χ3n) is 3.75. The highest BCUT2D eigenvalue weighted by Crippen LogP contribution is 2.34. The average Bonchev–Trinajstić information content (AvgIpc) is 2.76. The quantitative estimate of drug-likeness (QED) is 0.811. The third kappa shape index (κ3) is 2.34. The Kier molecular flexibility index (Phi) is 3.45. The summed E-state index contributed by atoms with van der Waals surface area (Å²) in [7, 11) is 0. The van der Waals surface area contributed by atoms with E-state index in [1.165, 1.54) is 0 Å². The van der Waals surface area contributed by atoms with Crippen LogP contribution in [0.25, 0.3) is 11.2 Å². The van der Waals surface area contributed by atoms with Crippen molar-refractivity contribution in [3.8, 4) is 0 Å². The molecule has 0 N–H and O–H groups in total. The van der Waals surface area contributed by atoms with Gasteiger partial charge in [0, 0.05) is 36.7 Å². The van der Waals surface area contributed by atoms with Crippen LogP contribution in [0.1, 0.15) is 12.8 Å². The van der Waals surface area contributed by atoms with Crippen LogP contribution in [0.3, 0.4) is 0 Å². The summed E-state index contributed by atoms with van der Waals surface area (Å²) in [5, 5.41) is 0.843. The van der Waals surface area contributed by atoms with E-state index in [1.54, 1.807) is 22.9 Å². The first-order valence-corrected chi connectivity index (χ1v) is 7.44. The number of nitrogens with zero attached hydrogens (tertiary/aromatic N) is 2. The number of oxazole rings is 1. The van der Waals surface area contributed by atoms with Crippen LogP contribution >= 0.6 is 15.9 Å². The van der Waals surface area contributed by atoms with E-state index >= 15 is 0 Å². The van der Waals surface area contributed by atoms with Crippen LogP contribution in [0.2, 0.25) is 0 Å². The molecule has 1 aliphatic heterocycles. The number of rotatable bonds is 3. The highest BCUT2D eigenvalue weighted by atomic mass is 79.9. The second-order valence-corrected chi connectivity index (χ2v) is 5.59. The summed E-state index contributed by atoms with van der Waals surface area (Å²) in [6.45, 7) is 2.09. The van der Waals surface area contributed by atoms with Gasteiger partial charge in [0.15, 0.2) is 11.2 Å². The number of aromatic nitrogens is 2. The van der Waals surface area contributed by atoms with Crippen LogP contribution < -0.4 is 5.76 Å². The number of alkyl halides is 1. The van der Waals surface area contributed by atoms with Gasteiger partial charge in [0.25, 0.3) is 0 Å². The topological polar surface area (TPSA) is 57.3 Å². The van der Waals surface area contributed by atoms with E-state index in [4.69, 9.17) is 9.15 Å². The number of halogens is 1. The van der Waals surface area contributed by atoms with Crippen molar-refractivity contribution >= 4 is 27.2 Å². The smallest absolute Gasteiger partial charge is 0.406 e. The lowest BCUT2D eigenvalue weighted by Crippen LogP contribution is -2.37. The van der Waals surface area contributed by atoms with Gasteiger partial charge >= 0.3 is 5.76 Å². The van der Waals surface area contributed by atoms with Gasteiger partial charge in [0.2, 0.25) is 0 Å². The van der Waals surface area contributed by atoms with Crippen molar-refractivity contribution in [2.45, 2.75) is 19.4 Å². The van der Waals surface area contributed by atoms with Gasteiger partial charge in [-0.1, -0.05) is 15.9 Å². The molecular weight excluding hydrogens is 312 g/mol. The molecular formula is C13H15BrN2O3. The molecule has 0 bridgehead atoms. The lowest BCUT2D eigenvalue weighted by Gasteiger charge is -2.35. The van der Waals surface area contributed by atoms with E-state index in [0.717, 1.165) is 31.4 Å². The van der Waals surface area contributed by atoms with E-state index < -0.39 is 0 Å². The van der Waals surface area contributed by atoms with Crippen LogP contribution in [0.4, 0.5) is 0 Å². The molecule has 3 heterocycles. The Morgan fingerprint density at radius 2 is 2.21 bits per heavy atom. The second kappa shape index (κ2) is 5.09. The Bertz CT molecular complexity index is 628. The fourth-order valence-electron chi connectivity index (χ4n) is 2.51. The summed E-state index contributed by atoms with van der Waals surface area (Å²) >= 11 is 3.58. The molecule has 1 saturated heterocycles. The first-order chi connectivity index (χ1) is 9.24. The zero-order chi connectivity index (χ0) is 13.3. The molecule has 0 atom stereocenters. The first-order valence-electron chi connectivity index (χ1n) is 6.32. The maximum atomic E-state index is 12.0. The zero-order valence-electron chi connectivity index (χ0n) is 10.5. The van der Waals surface area contributed by atoms with Gasteiger partial charge in [0.1, 0.15) is 0 Å². The molecule has 2 aromatic rings. The van der Waals surface area contributed by atoms with Crippen molar-refractivity contribution in [1.29, 1.82) is 0 Å². The number of fused-ring (bicyclic) bond motifs is 1. The van der Waals surface area contributed by atoms with E-state index in [-0.39, 0.29) is 11.2 Å². The Labute approximate surface area is 118 Å². The lowest BCUT2D eigenvalue weighted by atomic mass is 9.82. The molecule has 0 aliphatic carbocycles. The van der Waals surface area contributed by atoms with Gasteiger partial charge in [0.05, 0.1) is 0 Å². The Morgan fingerprint density at radius 3 is 2.95 bits per heavy atom. The number of pyridine rings is 1. The minimum atomic E-state index is -0.333. The van der Waals surface area contributed by atoms with Crippen LogP contribution in [-0.2, 0) is 11.3 Å². The van der Waals surface area contributed by atoms with Crippen molar-refractivity contribution < 1.29 is 9.15 Å². The zero-order valence-corrected chi connectivity index (χ0v) is 12.1. The van der Waals surface area contributed by atoms with E-state index in [0.29, 0.717) is 17.8 Å². The van der Waals surface area contributed by atoms with E-state index in [9.17, 15) is 4.79 Å². The highest BCUT2D eigenvalue weighted by molar-refractivity contribution is 9.09. The van der Waals surface area contributed by atoms with Gasteiger partial charge in [-0.2, -0.15) is 0 Å².